The van der Waals surface area contributed by atoms with Crippen LogP contribution in [0.25, 0.3) is 10.9 Å². The second kappa shape index (κ2) is 5.38. The molecule has 0 aliphatic carbocycles. The minimum absolute atomic E-state index is 0.0625. The summed E-state index contributed by atoms with van der Waals surface area (Å²) in [5.74, 6) is -0.346. The van der Waals surface area contributed by atoms with Gasteiger partial charge < -0.3 is 16.0 Å². The van der Waals surface area contributed by atoms with E-state index in [1.165, 1.54) is 6.92 Å². The summed E-state index contributed by atoms with van der Waals surface area (Å²) in [6.07, 6.45) is 2.07. The molecule has 1 saturated heterocycles. The molecule has 2 amide bonds. The van der Waals surface area contributed by atoms with Gasteiger partial charge in [0.15, 0.2) is 0 Å². The van der Waals surface area contributed by atoms with Crippen LogP contribution >= 0.6 is 0 Å². The Kier molecular flexibility index (Phi) is 3.54. The third-order valence-corrected chi connectivity index (χ3v) is 4.05. The first kappa shape index (κ1) is 14.5. The number of aromatic nitrogens is 1. The van der Waals surface area contributed by atoms with Crippen molar-refractivity contribution in [2.24, 2.45) is 5.73 Å². The minimum atomic E-state index is -1.04. The zero-order chi connectivity index (χ0) is 15.7. The summed E-state index contributed by atoms with van der Waals surface area (Å²) in [4.78, 5) is 29.7. The predicted molar refractivity (Wildman–Crippen MR) is 84.2 cm³/mol. The van der Waals surface area contributed by atoms with E-state index >= 15 is 0 Å². The Bertz CT molecular complexity index is 746. The Hall–Kier alpha value is -2.47. The largest absolute Gasteiger partial charge is 0.340 e. The van der Waals surface area contributed by atoms with Crippen LogP contribution in [0.3, 0.4) is 0 Å². The van der Waals surface area contributed by atoms with Crippen LogP contribution in [-0.4, -0.2) is 40.3 Å². The van der Waals surface area contributed by atoms with E-state index in [1.807, 2.05) is 30.3 Å². The topological polar surface area (TPSA) is 88.3 Å². The number of nitrogens with two attached hydrogens (primary N) is 1. The van der Waals surface area contributed by atoms with Crippen molar-refractivity contribution in [1.29, 1.82) is 0 Å². The number of para-hydroxylation sites is 1. The first-order valence-corrected chi connectivity index (χ1v) is 7.19. The van der Waals surface area contributed by atoms with E-state index in [9.17, 15) is 9.59 Å². The molecule has 1 aliphatic heterocycles. The van der Waals surface area contributed by atoms with Crippen LogP contribution in [0, 0.1) is 0 Å². The SMILES string of the molecule is CC(=O)N1CCC(N)(C(=O)Nc2cnc3ccccc3c2)C1. The van der Waals surface area contributed by atoms with E-state index in [0.29, 0.717) is 18.7 Å². The van der Waals surface area contributed by atoms with Gasteiger partial charge in [-0.1, -0.05) is 18.2 Å². The van der Waals surface area contributed by atoms with Gasteiger partial charge in [-0.15, -0.1) is 0 Å². The van der Waals surface area contributed by atoms with Crippen LogP contribution in [0.15, 0.2) is 36.5 Å². The number of nitrogens with one attached hydrogen (secondary N) is 1. The van der Waals surface area contributed by atoms with Gasteiger partial charge in [0.05, 0.1) is 17.4 Å². The van der Waals surface area contributed by atoms with Gasteiger partial charge in [-0.2, -0.15) is 0 Å². The fourth-order valence-corrected chi connectivity index (χ4v) is 2.68. The summed E-state index contributed by atoms with van der Waals surface area (Å²) in [5, 5.41) is 3.76. The lowest BCUT2D eigenvalue weighted by Gasteiger charge is -2.23. The van der Waals surface area contributed by atoms with Crippen LogP contribution in [-0.2, 0) is 9.59 Å². The Morgan fingerprint density at radius 3 is 2.86 bits per heavy atom. The second-order valence-corrected chi connectivity index (χ2v) is 5.72. The number of fused-ring (bicyclic) bond motifs is 1. The summed E-state index contributed by atoms with van der Waals surface area (Å²) < 4.78 is 0. The molecule has 3 N–H and O–H groups in total. The Balaban J connectivity index is 1.77. The maximum absolute atomic E-state index is 12.4. The molecule has 3 rings (SSSR count). The third-order valence-electron chi connectivity index (χ3n) is 4.05. The van der Waals surface area contributed by atoms with E-state index in [2.05, 4.69) is 10.3 Å². The van der Waals surface area contributed by atoms with Crippen LogP contribution in [0.4, 0.5) is 5.69 Å². The van der Waals surface area contributed by atoms with Gasteiger partial charge in [0.1, 0.15) is 5.54 Å². The fourth-order valence-electron chi connectivity index (χ4n) is 2.68. The maximum atomic E-state index is 12.4. The van der Waals surface area contributed by atoms with Crippen molar-refractivity contribution in [3.63, 3.8) is 0 Å². The number of hydrogen-bond donors (Lipinski definition) is 2. The molecule has 0 saturated carbocycles. The highest BCUT2D eigenvalue weighted by molar-refractivity contribution is 6.00. The highest BCUT2D eigenvalue weighted by atomic mass is 16.2. The van der Waals surface area contributed by atoms with Gasteiger partial charge in [-0.05, 0) is 18.6 Å². The average Bonchev–Trinajstić information content (AvgIpc) is 2.91. The number of nitrogens with zero attached hydrogens (tertiary/aromatic N) is 2. The van der Waals surface area contributed by atoms with Gasteiger partial charge in [-0.25, -0.2) is 0 Å². The maximum Gasteiger partial charge on any atom is 0.246 e. The molecule has 1 aromatic heterocycles. The van der Waals surface area contributed by atoms with E-state index in [1.54, 1.807) is 11.1 Å². The zero-order valence-electron chi connectivity index (χ0n) is 12.4. The molecular weight excluding hydrogens is 280 g/mol. The van der Waals surface area contributed by atoms with Gasteiger partial charge in [-0.3, -0.25) is 14.6 Å². The number of pyridine rings is 1. The van der Waals surface area contributed by atoms with E-state index in [-0.39, 0.29) is 18.4 Å². The monoisotopic (exact) mass is 298 g/mol. The molecule has 0 spiro atoms. The number of amides is 2. The molecule has 6 heteroatoms. The molecule has 2 heterocycles. The summed E-state index contributed by atoms with van der Waals surface area (Å²) in [6.45, 7) is 2.24. The van der Waals surface area contributed by atoms with Crippen molar-refractivity contribution in [3.8, 4) is 0 Å². The van der Waals surface area contributed by atoms with E-state index in [0.717, 1.165) is 10.9 Å². The van der Waals surface area contributed by atoms with Crippen molar-refractivity contribution in [2.45, 2.75) is 18.9 Å². The van der Waals surface area contributed by atoms with Crippen molar-refractivity contribution in [1.82, 2.24) is 9.88 Å². The summed E-state index contributed by atoms with van der Waals surface area (Å²) in [5.41, 5.74) is 6.59. The third kappa shape index (κ3) is 2.65. The quantitative estimate of drug-likeness (QED) is 0.869. The molecule has 114 valence electrons. The predicted octanol–water partition coefficient (Wildman–Crippen LogP) is 1.12. The average molecular weight is 298 g/mol. The number of likely N-dealkylation sites (tertiary alicyclic amines) is 1. The van der Waals surface area contributed by atoms with Gasteiger partial charge in [0.25, 0.3) is 0 Å². The fraction of sp³-hybridized carbons (Fsp3) is 0.312. The second-order valence-electron chi connectivity index (χ2n) is 5.72. The normalized spacial score (nSPS) is 21.1. The molecule has 6 nitrogen and oxygen atoms in total. The van der Waals surface area contributed by atoms with Crippen molar-refractivity contribution >= 4 is 28.4 Å². The first-order chi connectivity index (χ1) is 10.5. The van der Waals surface area contributed by atoms with Crippen molar-refractivity contribution < 1.29 is 9.59 Å². The van der Waals surface area contributed by atoms with Gasteiger partial charge in [0.2, 0.25) is 11.8 Å². The van der Waals surface area contributed by atoms with Crippen LogP contribution in [0.1, 0.15) is 13.3 Å². The van der Waals surface area contributed by atoms with Crippen molar-refractivity contribution in [3.05, 3.63) is 36.5 Å². The molecule has 0 bridgehead atoms. The zero-order valence-corrected chi connectivity index (χ0v) is 12.4. The smallest absolute Gasteiger partial charge is 0.246 e. The minimum Gasteiger partial charge on any atom is -0.340 e. The summed E-state index contributed by atoms with van der Waals surface area (Å²) >= 11 is 0. The van der Waals surface area contributed by atoms with Crippen LogP contribution in [0.5, 0.6) is 0 Å². The number of rotatable bonds is 2. The lowest BCUT2D eigenvalue weighted by Crippen LogP contribution is -2.53. The molecule has 1 fully saturated rings. The number of benzene rings is 1. The van der Waals surface area contributed by atoms with Crippen molar-refractivity contribution in [2.75, 3.05) is 18.4 Å². The Labute approximate surface area is 128 Å². The Morgan fingerprint density at radius 2 is 2.14 bits per heavy atom. The molecule has 1 aromatic carbocycles. The summed E-state index contributed by atoms with van der Waals surface area (Å²) in [6, 6.07) is 9.54. The molecule has 1 aliphatic rings. The molecule has 1 unspecified atom stereocenters. The van der Waals surface area contributed by atoms with Crippen LogP contribution in [0.2, 0.25) is 0 Å². The van der Waals surface area contributed by atoms with E-state index in [4.69, 9.17) is 5.73 Å². The first-order valence-electron chi connectivity index (χ1n) is 7.19. The lowest BCUT2D eigenvalue weighted by atomic mass is 9.99. The molecule has 0 radical (unpaired) electrons. The highest BCUT2D eigenvalue weighted by Gasteiger charge is 2.42. The van der Waals surface area contributed by atoms with Gasteiger partial charge >= 0.3 is 0 Å². The van der Waals surface area contributed by atoms with Gasteiger partial charge in [0, 0.05) is 25.4 Å². The highest BCUT2D eigenvalue weighted by Crippen LogP contribution is 2.22. The Morgan fingerprint density at radius 1 is 1.36 bits per heavy atom. The number of hydrogen-bond acceptors (Lipinski definition) is 4. The van der Waals surface area contributed by atoms with Crippen LogP contribution < -0.4 is 11.1 Å². The number of carbonyl (C=O) groups excluding carboxylic acids is 2. The molecular formula is C16H18N4O2. The lowest BCUT2D eigenvalue weighted by molar-refractivity contribution is -0.128. The standard InChI is InChI=1S/C16H18N4O2/c1-11(21)20-7-6-16(17,10-20)15(22)19-13-8-12-4-2-3-5-14(12)18-9-13/h2-5,8-9H,6-7,10,17H2,1H3,(H,19,22). The summed E-state index contributed by atoms with van der Waals surface area (Å²) in [7, 11) is 0. The number of carbonyl (C=O) groups is 2. The molecule has 1 atom stereocenters. The number of anilines is 1. The van der Waals surface area contributed by atoms with E-state index < -0.39 is 5.54 Å². The molecule has 22 heavy (non-hydrogen) atoms. The molecule has 2 aromatic rings.